The zero-order chi connectivity index (χ0) is 13.9. The Bertz CT molecular complexity index is 525. The van der Waals surface area contributed by atoms with E-state index in [2.05, 4.69) is 11.4 Å². The highest BCUT2D eigenvalue weighted by atomic mass is 16.3. The fourth-order valence-corrected chi connectivity index (χ4v) is 2.54. The lowest BCUT2D eigenvalue weighted by molar-refractivity contribution is 0.0900. The Morgan fingerprint density at radius 3 is 2.68 bits per heavy atom. The molecule has 1 aliphatic rings. The van der Waals surface area contributed by atoms with Crippen LogP contribution in [0.15, 0.2) is 18.2 Å². The van der Waals surface area contributed by atoms with Crippen LogP contribution in [0.5, 0.6) is 5.75 Å². The molecule has 1 aromatic carbocycles. The van der Waals surface area contributed by atoms with Crippen molar-refractivity contribution in [3.05, 3.63) is 29.3 Å². The molecule has 0 bridgehead atoms. The molecule has 1 saturated carbocycles. The largest absolute Gasteiger partial charge is 0.507 e. The van der Waals surface area contributed by atoms with Gasteiger partial charge in [0.2, 0.25) is 0 Å². The maximum atomic E-state index is 12.2. The highest BCUT2D eigenvalue weighted by Gasteiger charge is 2.34. The lowest BCUT2D eigenvalue weighted by Gasteiger charge is -2.31. The third-order valence-corrected chi connectivity index (χ3v) is 3.67. The molecular formula is C15H18N2O2. The molecule has 1 amide bonds. The van der Waals surface area contributed by atoms with Crippen molar-refractivity contribution >= 4 is 5.91 Å². The quantitative estimate of drug-likeness (QED) is 0.856. The van der Waals surface area contributed by atoms with Crippen molar-refractivity contribution in [2.45, 2.75) is 44.6 Å². The van der Waals surface area contributed by atoms with E-state index in [0.717, 1.165) is 24.8 Å². The van der Waals surface area contributed by atoms with Gasteiger partial charge >= 0.3 is 0 Å². The number of phenolic OH excluding ortho intramolecular Hbond substituents is 1. The second-order valence-corrected chi connectivity index (χ2v) is 5.23. The minimum Gasteiger partial charge on any atom is -0.507 e. The Balaban J connectivity index is 2.20. The van der Waals surface area contributed by atoms with Gasteiger partial charge < -0.3 is 10.4 Å². The van der Waals surface area contributed by atoms with E-state index in [1.165, 1.54) is 6.07 Å². The smallest absolute Gasteiger partial charge is 0.256 e. The number of rotatable bonds is 2. The summed E-state index contributed by atoms with van der Waals surface area (Å²) in [6.07, 6.45) is 4.37. The van der Waals surface area contributed by atoms with Crippen LogP contribution in [0.2, 0.25) is 0 Å². The summed E-state index contributed by atoms with van der Waals surface area (Å²) in [6.45, 7) is 1.86. The average molecular weight is 258 g/mol. The predicted octanol–water partition coefficient (Wildman–Crippen LogP) is 2.66. The Labute approximate surface area is 113 Å². The van der Waals surface area contributed by atoms with Crippen LogP contribution >= 0.6 is 0 Å². The summed E-state index contributed by atoms with van der Waals surface area (Å²) in [7, 11) is 0. The van der Waals surface area contributed by atoms with E-state index in [1.54, 1.807) is 12.1 Å². The lowest BCUT2D eigenvalue weighted by Crippen LogP contribution is -2.48. The van der Waals surface area contributed by atoms with E-state index in [1.807, 2.05) is 6.92 Å². The van der Waals surface area contributed by atoms with E-state index in [4.69, 9.17) is 0 Å². The fraction of sp³-hybridized carbons (Fsp3) is 0.467. The molecule has 2 rings (SSSR count). The molecule has 0 radical (unpaired) electrons. The molecule has 1 fully saturated rings. The van der Waals surface area contributed by atoms with Gasteiger partial charge in [0, 0.05) is 0 Å². The molecule has 1 aliphatic carbocycles. The highest BCUT2D eigenvalue weighted by molar-refractivity contribution is 5.97. The van der Waals surface area contributed by atoms with Gasteiger partial charge in [-0.25, -0.2) is 0 Å². The number of aromatic hydroxyl groups is 1. The molecule has 0 unspecified atom stereocenters. The molecular weight excluding hydrogens is 240 g/mol. The highest BCUT2D eigenvalue weighted by Crippen LogP contribution is 2.28. The minimum absolute atomic E-state index is 0.0491. The number of nitrogens with one attached hydrogen (secondary N) is 1. The topological polar surface area (TPSA) is 73.1 Å². The van der Waals surface area contributed by atoms with Crippen LogP contribution in [0.1, 0.15) is 48.0 Å². The first-order chi connectivity index (χ1) is 9.06. The van der Waals surface area contributed by atoms with Gasteiger partial charge in [0.25, 0.3) is 5.91 Å². The minimum atomic E-state index is -0.772. The number of nitrogens with zero attached hydrogens (tertiary/aromatic N) is 1. The van der Waals surface area contributed by atoms with Crippen molar-refractivity contribution in [1.82, 2.24) is 5.32 Å². The average Bonchev–Trinajstić information content (AvgIpc) is 2.42. The van der Waals surface area contributed by atoms with Gasteiger partial charge in [-0.1, -0.05) is 30.9 Å². The number of aryl methyl sites for hydroxylation is 1. The molecule has 0 aliphatic heterocycles. The molecule has 1 aromatic rings. The van der Waals surface area contributed by atoms with Gasteiger partial charge in [-0.3, -0.25) is 4.79 Å². The van der Waals surface area contributed by atoms with Crippen molar-refractivity contribution in [3.63, 3.8) is 0 Å². The number of carbonyl (C=O) groups excluding carboxylic acids is 1. The van der Waals surface area contributed by atoms with Crippen LogP contribution in [-0.4, -0.2) is 16.6 Å². The fourth-order valence-electron chi connectivity index (χ4n) is 2.54. The molecule has 4 heteroatoms. The molecule has 0 heterocycles. The lowest BCUT2D eigenvalue weighted by atomic mass is 9.82. The normalized spacial score (nSPS) is 17.5. The number of phenols is 1. The summed E-state index contributed by atoms with van der Waals surface area (Å²) in [5, 5.41) is 21.9. The second kappa shape index (κ2) is 5.31. The van der Waals surface area contributed by atoms with Gasteiger partial charge in [0.1, 0.15) is 11.3 Å². The van der Waals surface area contributed by atoms with Crippen molar-refractivity contribution in [2.24, 2.45) is 0 Å². The van der Waals surface area contributed by atoms with Crippen molar-refractivity contribution < 1.29 is 9.90 Å². The Morgan fingerprint density at radius 1 is 1.37 bits per heavy atom. The maximum absolute atomic E-state index is 12.2. The van der Waals surface area contributed by atoms with E-state index in [9.17, 15) is 15.2 Å². The van der Waals surface area contributed by atoms with Gasteiger partial charge in [0.05, 0.1) is 11.6 Å². The number of amides is 1. The van der Waals surface area contributed by atoms with Crippen LogP contribution in [0.25, 0.3) is 0 Å². The number of hydrogen-bond acceptors (Lipinski definition) is 3. The SMILES string of the molecule is Cc1ccc(O)c(C(=O)NC2(C#N)CCCCC2)c1. The summed E-state index contributed by atoms with van der Waals surface area (Å²) in [4.78, 5) is 12.2. The summed E-state index contributed by atoms with van der Waals surface area (Å²) in [5.74, 6) is -0.420. The Morgan fingerprint density at radius 2 is 2.05 bits per heavy atom. The van der Waals surface area contributed by atoms with E-state index in [-0.39, 0.29) is 17.2 Å². The predicted molar refractivity (Wildman–Crippen MR) is 71.7 cm³/mol. The molecule has 0 aromatic heterocycles. The third kappa shape index (κ3) is 2.87. The van der Waals surface area contributed by atoms with Crippen molar-refractivity contribution in [2.75, 3.05) is 0 Å². The molecule has 100 valence electrons. The zero-order valence-corrected chi connectivity index (χ0v) is 11.1. The first-order valence-electron chi connectivity index (χ1n) is 6.60. The maximum Gasteiger partial charge on any atom is 0.256 e. The molecule has 0 atom stereocenters. The standard InChI is InChI=1S/C15H18N2O2/c1-11-5-6-13(18)12(9-11)14(19)17-15(10-16)7-3-2-4-8-15/h5-6,9,18H,2-4,7-8H2,1H3,(H,17,19). The third-order valence-electron chi connectivity index (χ3n) is 3.67. The first kappa shape index (κ1) is 13.4. The van der Waals surface area contributed by atoms with Gasteiger partial charge in [-0.05, 0) is 31.9 Å². The van der Waals surface area contributed by atoms with Crippen molar-refractivity contribution in [3.8, 4) is 11.8 Å². The van der Waals surface area contributed by atoms with Gasteiger partial charge in [-0.15, -0.1) is 0 Å². The van der Waals surface area contributed by atoms with Crippen molar-refractivity contribution in [1.29, 1.82) is 5.26 Å². The summed E-state index contributed by atoms with van der Waals surface area (Å²) in [6, 6.07) is 7.12. The molecule has 0 spiro atoms. The number of benzene rings is 1. The first-order valence-corrected chi connectivity index (χ1v) is 6.60. The van der Waals surface area contributed by atoms with Gasteiger partial charge in [0.15, 0.2) is 0 Å². The van der Waals surface area contributed by atoms with Crippen LogP contribution in [0.3, 0.4) is 0 Å². The van der Waals surface area contributed by atoms with Crippen LogP contribution < -0.4 is 5.32 Å². The zero-order valence-electron chi connectivity index (χ0n) is 11.1. The summed E-state index contributed by atoms with van der Waals surface area (Å²) < 4.78 is 0. The molecule has 0 saturated heterocycles. The summed E-state index contributed by atoms with van der Waals surface area (Å²) in [5.41, 5.74) is 0.365. The number of nitriles is 1. The molecule has 4 nitrogen and oxygen atoms in total. The Hall–Kier alpha value is -2.02. The van der Waals surface area contributed by atoms with E-state index in [0.29, 0.717) is 12.8 Å². The Kier molecular flexibility index (Phi) is 3.75. The molecule has 19 heavy (non-hydrogen) atoms. The van der Waals surface area contributed by atoms with Crippen LogP contribution in [-0.2, 0) is 0 Å². The second-order valence-electron chi connectivity index (χ2n) is 5.23. The van der Waals surface area contributed by atoms with Gasteiger partial charge in [-0.2, -0.15) is 5.26 Å². The van der Waals surface area contributed by atoms with Crippen LogP contribution in [0.4, 0.5) is 0 Å². The van der Waals surface area contributed by atoms with E-state index >= 15 is 0 Å². The summed E-state index contributed by atoms with van der Waals surface area (Å²) >= 11 is 0. The van der Waals surface area contributed by atoms with E-state index < -0.39 is 5.54 Å². The van der Waals surface area contributed by atoms with Crippen LogP contribution in [0, 0.1) is 18.3 Å². The number of carbonyl (C=O) groups is 1. The monoisotopic (exact) mass is 258 g/mol. The number of hydrogen-bond donors (Lipinski definition) is 2. The molecule has 2 N–H and O–H groups in total.